The summed E-state index contributed by atoms with van der Waals surface area (Å²) < 4.78 is 12.6. The first kappa shape index (κ1) is 17.5. The molecule has 26 heavy (non-hydrogen) atoms. The van der Waals surface area contributed by atoms with Crippen LogP contribution in [0.15, 0.2) is 54.7 Å². The molecule has 1 heterocycles. The van der Waals surface area contributed by atoms with Gasteiger partial charge in [-0.25, -0.2) is 4.68 Å². The molecule has 0 unspecified atom stereocenters. The maximum Gasteiger partial charge on any atom is 0.303 e. The van der Waals surface area contributed by atoms with Crippen molar-refractivity contribution in [3.05, 3.63) is 60.3 Å². The largest absolute Gasteiger partial charge is 0.497 e. The van der Waals surface area contributed by atoms with Crippen molar-refractivity contribution in [3.63, 3.8) is 0 Å². The summed E-state index contributed by atoms with van der Waals surface area (Å²) in [6.07, 6.45) is 2.27. The Hall–Kier alpha value is -3.28. The van der Waals surface area contributed by atoms with Gasteiger partial charge in [-0.05, 0) is 42.3 Å². The Balaban J connectivity index is 2.12. The Morgan fingerprint density at radius 2 is 1.88 bits per heavy atom. The standard InChI is InChI=1S/C20H20N2O4/c1-25-16-9-10-18(26-2)17(12-16)20-14(8-11-19(23)24)13-22(21-20)15-6-4-3-5-7-15/h3-7,9-10,12-13H,8,11H2,1-2H3,(H,23,24). The number of carboxylic acids is 1. The number of aryl methyl sites for hydroxylation is 1. The summed E-state index contributed by atoms with van der Waals surface area (Å²) in [7, 11) is 3.19. The monoisotopic (exact) mass is 352 g/mol. The molecule has 0 bridgehead atoms. The van der Waals surface area contributed by atoms with Gasteiger partial charge in [-0.15, -0.1) is 0 Å². The predicted molar refractivity (Wildman–Crippen MR) is 98.1 cm³/mol. The molecule has 3 aromatic rings. The molecule has 6 nitrogen and oxygen atoms in total. The van der Waals surface area contributed by atoms with E-state index in [-0.39, 0.29) is 6.42 Å². The van der Waals surface area contributed by atoms with Crippen molar-refractivity contribution < 1.29 is 19.4 Å². The van der Waals surface area contributed by atoms with Crippen molar-refractivity contribution in [2.24, 2.45) is 0 Å². The van der Waals surface area contributed by atoms with Gasteiger partial charge in [0.25, 0.3) is 0 Å². The molecule has 0 aliphatic heterocycles. The number of nitrogens with zero attached hydrogens (tertiary/aromatic N) is 2. The highest BCUT2D eigenvalue weighted by atomic mass is 16.5. The second kappa shape index (κ2) is 7.74. The van der Waals surface area contributed by atoms with Crippen LogP contribution in [0.5, 0.6) is 11.5 Å². The second-order valence-corrected chi connectivity index (χ2v) is 5.74. The molecule has 0 fully saturated rings. The molecule has 0 saturated carbocycles. The molecular formula is C20H20N2O4. The van der Waals surface area contributed by atoms with Crippen molar-refractivity contribution in [3.8, 4) is 28.4 Å². The molecule has 0 spiro atoms. The minimum absolute atomic E-state index is 0.0275. The van der Waals surface area contributed by atoms with E-state index in [9.17, 15) is 4.79 Å². The van der Waals surface area contributed by atoms with E-state index in [0.717, 1.165) is 16.8 Å². The van der Waals surface area contributed by atoms with Crippen LogP contribution >= 0.6 is 0 Å². The summed E-state index contributed by atoms with van der Waals surface area (Å²) in [5.74, 6) is 0.487. The zero-order valence-corrected chi connectivity index (χ0v) is 14.7. The molecule has 134 valence electrons. The van der Waals surface area contributed by atoms with Crippen molar-refractivity contribution >= 4 is 5.97 Å². The van der Waals surface area contributed by atoms with E-state index < -0.39 is 5.97 Å². The Morgan fingerprint density at radius 3 is 2.54 bits per heavy atom. The minimum atomic E-state index is -0.846. The highest BCUT2D eigenvalue weighted by Crippen LogP contribution is 2.35. The van der Waals surface area contributed by atoms with E-state index in [1.54, 1.807) is 18.9 Å². The molecule has 1 aromatic heterocycles. The van der Waals surface area contributed by atoms with Gasteiger partial charge in [-0.2, -0.15) is 5.10 Å². The Morgan fingerprint density at radius 1 is 1.12 bits per heavy atom. The van der Waals surface area contributed by atoms with Gasteiger partial charge in [0, 0.05) is 18.2 Å². The van der Waals surface area contributed by atoms with E-state index in [4.69, 9.17) is 19.7 Å². The fraction of sp³-hybridized carbons (Fsp3) is 0.200. The lowest BCUT2D eigenvalue weighted by molar-refractivity contribution is -0.136. The third-order valence-electron chi connectivity index (χ3n) is 4.08. The lowest BCUT2D eigenvalue weighted by atomic mass is 10.0. The van der Waals surface area contributed by atoms with E-state index in [1.165, 1.54) is 0 Å². The molecule has 1 N–H and O–H groups in total. The minimum Gasteiger partial charge on any atom is -0.497 e. The van der Waals surface area contributed by atoms with Crippen LogP contribution in [0.3, 0.4) is 0 Å². The van der Waals surface area contributed by atoms with E-state index in [0.29, 0.717) is 23.6 Å². The zero-order chi connectivity index (χ0) is 18.5. The number of aromatic nitrogens is 2. The number of benzene rings is 2. The number of hydrogen-bond acceptors (Lipinski definition) is 4. The number of para-hydroxylation sites is 1. The molecule has 0 aliphatic rings. The quantitative estimate of drug-likeness (QED) is 0.704. The summed E-state index contributed by atoms with van der Waals surface area (Å²) >= 11 is 0. The lowest BCUT2D eigenvalue weighted by Crippen LogP contribution is -1.98. The normalized spacial score (nSPS) is 10.5. The van der Waals surface area contributed by atoms with Crippen molar-refractivity contribution in [1.29, 1.82) is 0 Å². The van der Waals surface area contributed by atoms with Crippen LogP contribution in [0.25, 0.3) is 16.9 Å². The second-order valence-electron chi connectivity index (χ2n) is 5.74. The van der Waals surface area contributed by atoms with Gasteiger partial charge in [0.15, 0.2) is 0 Å². The van der Waals surface area contributed by atoms with Crippen molar-refractivity contribution in [1.82, 2.24) is 9.78 Å². The maximum atomic E-state index is 11.0. The maximum absolute atomic E-state index is 11.0. The zero-order valence-electron chi connectivity index (χ0n) is 14.7. The smallest absolute Gasteiger partial charge is 0.303 e. The predicted octanol–water partition coefficient (Wildman–Crippen LogP) is 3.57. The molecule has 3 rings (SSSR count). The van der Waals surface area contributed by atoms with E-state index in [2.05, 4.69) is 0 Å². The van der Waals surface area contributed by atoms with Gasteiger partial charge in [0.05, 0.1) is 25.6 Å². The number of hydrogen-bond donors (Lipinski definition) is 1. The lowest BCUT2D eigenvalue weighted by Gasteiger charge is -2.10. The molecule has 0 atom stereocenters. The molecule has 6 heteroatoms. The van der Waals surface area contributed by atoms with Gasteiger partial charge in [-0.3, -0.25) is 4.79 Å². The first-order valence-corrected chi connectivity index (χ1v) is 8.20. The fourth-order valence-corrected chi connectivity index (χ4v) is 2.77. The van der Waals surface area contributed by atoms with Gasteiger partial charge < -0.3 is 14.6 Å². The first-order valence-electron chi connectivity index (χ1n) is 8.20. The van der Waals surface area contributed by atoms with E-state index >= 15 is 0 Å². The average Bonchev–Trinajstić information content (AvgIpc) is 3.10. The number of aliphatic carboxylic acids is 1. The highest BCUT2D eigenvalue weighted by molar-refractivity contribution is 5.73. The summed E-state index contributed by atoms with van der Waals surface area (Å²) in [4.78, 5) is 11.0. The van der Waals surface area contributed by atoms with Crippen molar-refractivity contribution in [2.75, 3.05) is 14.2 Å². The summed E-state index contributed by atoms with van der Waals surface area (Å²) in [5, 5.41) is 13.8. The van der Waals surface area contributed by atoms with Crippen LogP contribution in [0.4, 0.5) is 0 Å². The molecular weight excluding hydrogens is 332 g/mol. The molecule has 0 radical (unpaired) electrons. The Kier molecular flexibility index (Phi) is 5.22. The van der Waals surface area contributed by atoms with Crippen LogP contribution in [-0.4, -0.2) is 35.1 Å². The van der Waals surface area contributed by atoms with E-state index in [1.807, 2.05) is 54.7 Å². The van der Waals surface area contributed by atoms with Crippen LogP contribution in [0, 0.1) is 0 Å². The number of methoxy groups -OCH3 is 2. The van der Waals surface area contributed by atoms with Gasteiger partial charge >= 0.3 is 5.97 Å². The molecule has 0 saturated heterocycles. The molecule has 0 amide bonds. The van der Waals surface area contributed by atoms with Crippen LogP contribution in [0.1, 0.15) is 12.0 Å². The highest BCUT2D eigenvalue weighted by Gasteiger charge is 2.18. The van der Waals surface area contributed by atoms with Gasteiger partial charge in [0.1, 0.15) is 11.5 Å². The molecule has 0 aliphatic carbocycles. The summed E-state index contributed by atoms with van der Waals surface area (Å²) in [6, 6.07) is 15.2. The number of carboxylic acid groups (broad SMARTS) is 1. The Bertz CT molecular complexity index is 903. The van der Waals surface area contributed by atoms with Crippen LogP contribution < -0.4 is 9.47 Å². The summed E-state index contributed by atoms with van der Waals surface area (Å²) in [5.41, 5.74) is 3.19. The van der Waals surface area contributed by atoms with Crippen LogP contribution in [0.2, 0.25) is 0 Å². The number of carbonyl (C=O) groups is 1. The Labute approximate surface area is 151 Å². The average molecular weight is 352 g/mol. The first-order chi connectivity index (χ1) is 12.6. The topological polar surface area (TPSA) is 73.6 Å². The SMILES string of the molecule is COc1ccc(OC)c(-c2nn(-c3ccccc3)cc2CCC(=O)O)c1. The summed E-state index contributed by atoms with van der Waals surface area (Å²) in [6.45, 7) is 0. The fourth-order valence-electron chi connectivity index (χ4n) is 2.77. The van der Waals surface area contributed by atoms with Crippen molar-refractivity contribution in [2.45, 2.75) is 12.8 Å². The molecule has 2 aromatic carbocycles. The number of ether oxygens (including phenoxy) is 2. The number of rotatable bonds is 7. The third kappa shape index (κ3) is 3.69. The van der Waals surface area contributed by atoms with Gasteiger partial charge in [0.2, 0.25) is 0 Å². The van der Waals surface area contributed by atoms with Crippen LogP contribution in [-0.2, 0) is 11.2 Å². The third-order valence-corrected chi connectivity index (χ3v) is 4.08. The van der Waals surface area contributed by atoms with Gasteiger partial charge in [-0.1, -0.05) is 18.2 Å².